The van der Waals surface area contributed by atoms with Gasteiger partial charge >= 0.3 is 0 Å². The molecule has 0 bridgehead atoms. The van der Waals surface area contributed by atoms with Crippen LogP contribution in [0.2, 0.25) is 5.02 Å². The van der Waals surface area contributed by atoms with Crippen molar-refractivity contribution in [3.63, 3.8) is 0 Å². The number of methoxy groups -OCH3 is 2. The first-order valence-corrected chi connectivity index (χ1v) is 8.67. The Morgan fingerprint density at radius 1 is 1.00 bits per heavy atom. The van der Waals surface area contributed by atoms with E-state index in [-0.39, 0.29) is 5.91 Å². The highest BCUT2D eigenvalue weighted by Crippen LogP contribution is 2.36. The van der Waals surface area contributed by atoms with Gasteiger partial charge in [-0.25, -0.2) is 0 Å². The first kappa shape index (κ1) is 18.7. The number of nitrogens with zero attached hydrogens (tertiary/aromatic N) is 1. The third kappa shape index (κ3) is 4.04. The third-order valence-electron chi connectivity index (χ3n) is 4.12. The smallest absolute Gasteiger partial charge is 0.257 e. The van der Waals surface area contributed by atoms with Crippen LogP contribution in [-0.2, 0) is 0 Å². The number of rotatable bonds is 5. The van der Waals surface area contributed by atoms with Gasteiger partial charge in [0.15, 0.2) is 0 Å². The molecule has 0 aliphatic heterocycles. The maximum Gasteiger partial charge on any atom is 0.257 e. The molecule has 0 aliphatic carbocycles. The minimum absolute atomic E-state index is 0.290. The van der Waals surface area contributed by atoms with Crippen LogP contribution in [0.5, 0.6) is 11.5 Å². The lowest BCUT2D eigenvalue weighted by molar-refractivity contribution is 0.102. The summed E-state index contributed by atoms with van der Waals surface area (Å²) in [4.78, 5) is 17.3. The van der Waals surface area contributed by atoms with Crippen LogP contribution in [0.3, 0.4) is 0 Å². The number of aryl methyl sites for hydroxylation is 1. The van der Waals surface area contributed by atoms with E-state index in [1.165, 1.54) is 14.2 Å². The molecule has 5 nitrogen and oxygen atoms in total. The molecule has 0 radical (unpaired) electrons. The number of halogens is 1. The number of anilines is 1. The van der Waals surface area contributed by atoms with Crippen molar-refractivity contribution in [1.82, 2.24) is 4.98 Å². The molecule has 2 aromatic carbocycles. The number of hydrogen-bond acceptors (Lipinski definition) is 4. The van der Waals surface area contributed by atoms with E-state index in [4.69, 9.17) is 21.1 Å². The molecule has 0 fully saturated rings. The van der Waals surface area contributed by atoms with Crippen molar-refractivity contribution in [1.29, 1.82) is 0 Å². The second kappa shape index (κ2) is 8.10. The van der Waals surface area contributed by atoms with Crippen LogP contribution in [0.15, 0.2) is 54.6 Å². The van der Waals surface area contributed by atoms with Crippen molar-refractivity contribution < 1.29 is 14.3 Å². The number of ether oxygens (including phenoxy) is 2. The number of aromatic nitrogens is 1. The normalized spacial score (nSPS) is 10.4. The lowest BCUT2D eigenvalue weighted by atomic mass is 10.1. The quantitative estimate of drug-likeness (QED) is 0.676. The lowest BCUT2D eigenvalue weighted by Crippen LogP contribution is -2.15. The molecule has 3 rings (SSSR count). The number of pyridine rings is 1. The Morgan fingerprint density at radius 3 is 2.33 bits per heavy atom. The van der Waals surface area contributed by atoms with Gasteiger partial charge in [0.25, 0.3) is 5.91 Å². The number of amides is 1. The minimum atomic E-state index is -0.290. The Labute approximate surface area is 162 Å². The van der Waals surface area contributed by atoms with Gasteiger partial charge in [-0.05, 0) is 19.1 Å². The molecule has 27 heavy (non-hydrogen) atoms. The molecule has 1 aromatic heterocycles. The van der Waals surface area contributed by atoms with Crippen LogP contribution < -0.4 is 14.8 Å². The van der Waals surface area contributed by atoms with Crippen molar-refractivity contribution >= 4 is 23.2 Å². The fraction of sp³-hybridized carbons (Fsp3) is 0.143. The highest BCUT2D eigenvalue weighted by atomic mass is 35.5. The second-order valence-electron chi connectivity index (χ2n) is 5.84. The van der Waals surface area contributed by atoms with Crippen LogP contribution in [-0.4, -0.2) is 25.1 Å². The number of hydrogen-bond donors (Lipinski definition) is 1. The van der Waals surface area contributed by atoms with Gasteiger partial charge in [0.05, 0.1) is 41.9 Å². The zero-order chi connectivity index (χ0) is 19.4. The Balaban J connectivity index is 1.89. The summed E-state index contributed by atoms with van der Waals surface area (Å²) >= 11 is 6.11. The lowest BCUT2D eigenvalue weighted by Gasteiger charge is -2.14. The largest absolute Gasteiger partial charge is 0.495 e. The summed E-state index contributed by atoms with van der Waals surface area (Å²) in [7, 11) is 3.02. The summed E-state index contributed by atoms with van der Waals surface area (Å²) in [6.07, 6.45) is 0. The van der Waals surface area contributed by atoms with Crippen molar-refractivity contribution in [2.45, 2.75) is 6.92 Å². The van der Waals surface area contributed by atoms with E-state index < -0.39 is 0 Å². The molecular weight excluding hydrogens is 364 g/mol. The summed E-state index contributed by atoms with van der Waals surface area (Å²) in [6, 6.07) is 16.6. The number of carbonyl (C=O) groups excluding carboxylic acids is 1. The van der Waals surface area contributed by atoms with E-state index >= 15 is 0 Å². The Morgan fingerprint density at radius 2 is 1.70 bits per heavy atom. The highest BCUT2D eigenvalue weighted by Gasteiger charge is 2.16. The maximum absolute atomic E-state index is 12.8. The fourth-order valence-corrected chi connectivity index (χ4v) is 2.95. The van der Waals surface area contributed by atoms with E-state index in [2.05, 4.69) is 10.3 Å². The van der Waals surface area contributed by atoms with E-state index in [1.54, 1.807) is 25.1 Å². The van der Waals surface area contributed by atoms with Crippen LogP contribution in [0.1, 0.15) is 16.1 Å². The molecule has 1 amide bonds. The van der Waals surface area contributed by atoms with Crippen LogP contribution in [0, 0.1) is 6.92 Å². The topological polar surface area (TPSA) is 60.5 Å². The molecule has 0 atom stereocenters. The van der Waals surface area contributed by atoms with Gasteiger partial charge in [-0.1, -0.05) is 41.9 Å². The Hall–Kier alpha value is -3.05. The zero-order valence-electron chi connectivity index (χ0n) is 15.2. The average Bonchev–Trinajstić information content (AvgIpc) is 2.69. The molecule has 6 heteroatoms. The van der Waals surface area contributed by atoms with Gasteiger partial charge in [-0.15, -0.1) is 0 Å². The molecule has 0 saturated heterocycles. The van der Waals surface area contributed by atoms with Crippen LogP contribution >= 0.6 is 11.6 Å². The monoisotopic (exact) mass is 382 g/mol. The Bertz CT molecular complexity index is 975. The van der Waals surface area contributed by atoms with Gasteiger partial charge in [-0.3, -0.25) is 9.78 Å². The van der Waals surface area contributed by atoms with Crippen molar-refractivity contribution in [2.75, 3.05) is 19.5 Å². The third-order valence-corrected chi connectivity index (χ3v) is 4.42. The number of carbonyl (C=O) groups is 1. The van der Waals surface area contributed by atoms with E-state index in [1.807, 2.05) is 36.4 Å². The Kier molecular flexibility index (Phi) is 5.62. The molecule has 0 aliphatic rings. The maximum atomic E-state index is 12.8. The molecule has 0 saturated carbocycles. The van der Waals surface area contributed by atoms with Crippen LogP contribution in [0.25, 0.3) is 11.3 Å². The number of nitrogens with one attached hydrogen (secondary N) is 1. The molecule has 0 spiro atoms. The molecule has 1 heterocycles. The highest BCUT2D eigenvalue weighted by molar-refractivity contribution is 6.32. The molecule has 0 unspecified atom stereocenters. The predicted molar refractivity (Wildman–Crippen MR) is 107 cm³/mol. The zero-order valence-corrected chi connectivity index (χ0v) is 16.0. The first-order chi connectivity index (χ1) is 13.0. The summed E-state index contributed by atoms with van der Waals surface area (Å²) in [5.74, 6) is 0.602. The second-order valence-corrected chi connectivity index (χ2v) is 6.24. The van der Waals surface area contributed by atoms with Gasteiger partial charge in [0.2, 0.25) is 0 Å². The predicted octanol–water partition coefficient (Wildman–Crippen LogP) is 4.98. The molecule has 3 aromatic rings. The van der Waals surface area contributed by atoms with Crippen molar-refractivity contribution in [3.05, 3.63) is 70.9 Å². The van der Waals surface area contributed by atoms with Crippen molar-refractivity contribution in [3.8, 4) is 22.8 Å². The van der Waals surface area contributed by atoms with E-state index in [0.29, 0.717) is 33.5 Å². The van der Waals surface area contributed by atoms with Gasteiger partial charge < -0.3 is 14.8 Å². The fourth-order valence-electron chi connectivity index (χ4n) is 2.72. The summed E-state index contributed by atoms with van der Waals surface area (Å²) in [6.45, 7) is 1.81. The van der Waals surface area contributed by atoms with Crippen LogP contribution in [0.4, 0.5) is 5.69 Å². The van der Waals surface area contributed by atoms with E-state index in [9.17, 15) is 4.79 Å². The molecule has 1 N–H and O–H groups in total. The molecular formula is C21H19ClN2O3. The number of benzene rings is 2. The summed E-state index contributed by atoms with van der Waals surface area (Å²) < 4.78 is 10.5. The first-order valence-electron chi connectivity index (χ1n) is 8.29. The summed E-state index contributed by atoms with van der Waals surface area (Å²) in [5, 5.41) is 3.24. The SMILES string of the molecule is COc1cc(NC(=O)c2ccc(-c3ccccc3)nc2C)c(OC)cc1Cl. The summed E-state index contributed by atoms with van der Waals surface area (Å²) in [5.41, 5.74) is 3.39. The van der Waals surface area contributed by atoms with Crippen molar-refractivity contribution in [2.24, 2.45) is 0 Å². The van der Waals surface area contributed by atoms with Gasteiger partial charge in [0.1, 0.15) is 11.5 Å². The minimum Gasteiger partial charge on any atom is -0.495 e. The van der Waals surface area contributed by atoms with Gasteiger partial charge in [-0.2, -0.15) is 0 Å². The molecule has 138 valence electrons. The van der Waals surface area contributed by atoms with E-state index in [0.717, 1.165) is 11.3 Å². The standard InChI is InChI=1S/C21H19ClN2O3/c1-13-15(9-10-17(23-13)14-7-5-4-6-8-14)21(25)24-18-12-19(26-2)16(22)11-20(18)27-3/h4-12H,1-3H3,(H,24,25). The van der Waals surface area contributed by atoms with Gasteiger partial charge in [0, 0.05) is 17.7 Å². The average molecular weight is 383 g/mol.